The Morgan fingerprint density at radius 1 is 1.53 bits per heavy atom. The van der Waals surface area contributed by atoms with Crippen molar-refractivity contribution in [2.24, 2.45) is 0 Å². The van der Waals surface area contributed by atoms with Gasteiger partial charge >= 0.3 is 0 Å². The van der Waals surface area contributed by atoms with Crippen LogP contribution in [0.4, 0.5) is 11.6 Å². The van der Waals surface area contributed by atoms with Gasteiger partial charge in [-0.3, -0.25) is 0 Å². The van der Waals surface area contributed by atoms with Crippen LogP contribution < -0.4 is 10.2 Å². The van der Waals surface area contributed by atoms with Gasteiger partial charge in [0.2, 0.25) is 0 Å². The van der Waals surface area contributed by atoms with Crippen LogP contribution in [0.1, 0.15) is 19.2 Å². The van der Waals surface area contributed by atoms with E-state index in [1.165, 1.54) is 17.9 Å². The molecule has 4 nitrogen and oxygen atoms in total. The molecule has 2 heterocycles. The molecule has 0 radical (unpaired) electrons. The molecule has 94 valence electrons. The van der Waals surface area contributed by atoms with Gasteiger partial charge in [0.05, 0.1) is 0 Å². The molecular weight excluding hydrogens is 232 g/mol. The van der Waals surface area contributed by atoms with Crippen LogP contribution in [-0.2, 0) is 0 Å². The van der Waals surface area contributed by atoms with Crippen molar-refractivity contribution in [1.82, 2.24) is 9.97 Å². The van der Waals surface area contributed by atoms with Crippen LogP contribution in [0.3, 0.4) is 0 Å². The Morgan fingerprint density at radius 2 is 2.35 bits per heavy atom. The fraction of sp³-hybridized carbons (Fsp3) is 0.667. The molecule has 1 atom stereocenters. The summed E-state index contributed by atoms with van der Waals surface area (Å²) in [5.41, 5.74) is 0. The molecule has 0 saturated carbocycles. The van der Waals surface area contributed by atoms with Crippen LogP contribution in [0.25, 0.3) is 0 Å². The molecule has 1 aliphatic rings. The number of aryl methyl sites for hydroxylation is 1. The first-order chi connectivity index (χ1) is 8.20. The van der Waals surface area contributed by atoms with E-state index in [4.69, 9.17) is 0 Å². The van der Waals surface area contributed by atoms with Gasteiger partial charge < -0.3 is 10.2 Å². The van der Waals surface area contributed by atoms with E-state index < -0.39 is 0 Å². The van der Waals surface area contributed by atoms with Crippen molar-refractivity contribution >= 4 is 23.4 Å². The molecule has 1 saturated heterocycles. The van der Waals surface area contributed by atoms with E-state index in [9.17, 15) is 0 Å². The molecule has 2 rings (SSSR count). The summed E-state index contributed by atoms with van der Waals surface area (Å²) in [6, 6.07) is 2.66. The first-order valence-electron chi connectivity index (χ1n) is 6.11. The molecule has 0 aliphatic carbocycles. The Balaban J connectivity index is 2.18. The Kier molecular flexibility index (Phi) is 4.10. The summed E-state index contributed by atoms with van der Waals surface area (Å²) in [6.45, 7) is 4.91. The molecule has 17 heavy (non-hydrogen) atoms. The highest BCUT2D eigenvalue weighted by Gasteiger charge is 2.21. The van der Waals surface area contributed by atoms with Gasteiger partial charge in [0.15, 0.2) is 0 Å². The van der Waals surface area contributed by atoms with Crippen molar-refractivity contribution in [3.63, 3.8) is 0 Å². The van der Waals surface area contributed by atoms with Gasteiger partial charge in [-0.1, -0.05) is 0 Å². The monoisotopic (exact) mass is 252 g/mol. The zero-order chi connectivity index (χ0) is 12.3. The molecule has 0 amide bonds. The number of nitrogens with zero attached hydrogens (tertiary/aromatic N) is 3. The van der Waals surface area contributed by atoms with Gasteiger partial charge in [0, 0.05) is 31.5 Å². The second kappa shape index (κ2) is 5.58. The van der Waals surface area contributed by atoms with Gasteiger partial charge in [0.25, 0.3) is 0 Å². The lowest BCUT2D eigenvalue weighted by atomic mass is 10.2. The molecule has 1 N–H and O–H groups in total. The maximum atomic E-state index is 4.53. The van der Waals surface area contributed by atoms with Crippen molar-refractivity contribution < 1.29 is 0 Å². The SMILES string of the molecule is CCNc1cc(N(C)C2CCSC2)nc(C)n1. The predicted octanol–water partition coefficient (Wildman–Crippen LogP) is 2.16. The molecule has 1 unspecified atom stereocenters. The zero-order valence-electron chi connectivity index (χ0n) is 10.7. The molecule has 1 aromatic rings. The summed E-state index contributed by atoms with van der Waals surface area (Å²) in [7, 11) is 2.13. The summed E-state index contributed by atoms with van der Waals surface area (Å²) in [5, 5.41) is 3.25. The molecule has 1 aliphatic heterocycles. The van der Waals surface area contributed by atoms with Crippen molar-refractivity contribution in [1.29, 1.82) is 0 Å². The summed E-state index contributed by atoms with van der Waals surface area (Å²) in [6.07, 6.45) is 1.25. The molecule has 0 aromatic carbocycles. The van der Waals surface area contributed by atoms with Crippen LogP contribution in [-0.4, -0.2) is 41.1 Å². The minimum Gasteiger partial charge on any atom is -0.370 e. The summed E-state index contributed by atoms with van der Waals surface area (Å²) in [4.78, 5) is 11.2. The van der Waals surface area contributed by atoms with Crippen LogP contribution in [0.5, 0.6) is 0 Å². The van der Waals surface area contributed by atoms with Gasteiger partial charge in [-0.05, 0) is 26.0 Å². The van der Waals surface area contributed by atoms with E-state index in [0.717, 1.165) is 24.0 Å². The number of hydrogen-bond acceptors (Lipinski definition) is 5. The van der Waals surface area contributed by atoms with E-state index in [2.05, 4.69) is 34.2 Å². The van der Waals surface area contributed by atoms with Crippen molar-refractivity contribution in [3.8, 4) is 0 Å². The minimum absolute atomic E-state index is 0.615. The topological polar surface area (TPSA) is 41.0 Å². The third-order valence-corrected chi connectivity index (χ3v) is 4.14. The first-order valence-corrected chi connectivity index (χ1v) is 7.26. The maximum Gasteiger partial charge on any atom is 0.134 e. The third-order valence-electron chi connectivity index (χ3n) is 3.00. The van der Waals surface area contributed by atoms with Gasteiger partial charge in [-0.15, -0.1) is 0 Å². The lowest BCUT2D eigenvalue weighted by molar-refractivity contribution is 0.689. The van der Waals surface area contributed by atoms with Crippen LogP contribution in [0.15, 0.2) is 6.07 Å². The first kappa shape index (κ1) is 12.5. The van der Waals surface area contributed by atoms with Crippen molar-refractivity contribution in [2.45, 2.75) is 26.3 Å². The van der Waals surface area contributed by atoms with E-state index in [1.54, 1.807) is 0 Å². The fourth-order valence-corrected chi connectivity index (χ4v) is 3.29. The van der Waals surface area contributed by atoms with Crippen LogP contribution in [0, 0.1) is 6.92 Å². The highest BCUT2D eigenvalue weighted by molar-refractivity contribution is 7.99. The van der Waals surface area contributed by atoms with Crippen LogP contribution >= 0.6 is 11.8 Å². The summed E-state index contributed by atoms with van der Waals surface area (Å²) in [5.74, 6) is 5.25. The largest absolute Gasteiger partial charge is 0.370 e. The number of hydrogen-bond donors (Lipinski definition) is 1. The summed E-state index contributed by atoms with van der Waals surface area (Å²) >= 11 is 2.02. The van der Waals surface area contributed by atoms with Crippen molar-refractivity contribution in [2.75, 3.05) is 35.3 Å². The molecule has 0 spiro atoms. The average Bonchev–Trinajstić information content (AvgIpc) is 2.81. The van der Waals surface area contributed by atoms with Gasteiger partial charge in [0.1, 0.15) is 17.5 Å². The molecule has 0 bridgehead atoms. The number of aromatic nitrogens is 2. The number of nitrogens with one attached hydrogen (secondary N) is 1. The number of thioether (sulfide) groups is 1. The Bertz CT molecular complexity index is 377. The molecule has 1 aromatic heterocycles. The van der Waals surface area contributed by atoms with Gasteiger partial charge in [-0.2, -0.15) is 11.8 Å². The second-order valence-electron chi connectivity index (χ2n) is 4.32. The second-order valence-corrected chi connectivity index (χ2v) is 5.47. The Morgan fingerprint density at radius 3 is 3.00 bits per heavy atom. The quantitative estimate of drug-likeness (QED) is 0.889. The standard InChI is InChI=1S/C12H20N4S/c1-4-13-11-7-12(15-9(2)14-11)16(3)10-5-6-17-8-10/h7,10H,4-6,8H2,1-3H3,(H,13,14,15). The Labute approximate surface area is 107 Å². The lowest BCUT2D eigenvalue weighted by Crippen LogP contribution is -2.32. The third kappa shape index (κ3) is 3.03. The molecule has 1 fully saturated rings. The highest BCUT2D eigenvalue weighted by Crippen LogP contribution is 2.25. The smallest absolute Gasteiger partial charge is 0.134 e. The lowest BCUT2D eigenvalue weighted by Gasteiger charge is -2.25. The average molecular weight is 252 g/mol. The zero-order valence-corrected chi connectivity index (χ0v) is 11.5. The summed E-state index contributed by atoms with van der Waals surface area (Å²) < 4.78 is 0. The van der Waals surface area contributed by atoms with E-state index in [-0.39, 0.29) is 0 Å². The van der Waals surface area contributed by atoms with E-state index in [1.807, 2.05) is 24.8 Å². The Hall–Kier alpha value is -0.970. The highest BCUT2D eigenvalue weighted by atomic mass is 32.2. The number of rotatable bonds is 4. The van der Waals surface area contributed by atoms with Gasteiger partial charge in [-0.25, -0.2) is 9.97 Å². The van der Waals surface area contributed by atoms with E-state index >= 15 is 0 Å². The normalized spacial score (nSPS) is 19.4. The van der Waals surface area contributed by atoms with Crippen molar-refractivity contribution in [3.05, 3.63) is 11.9 Å². The van der Waals surface area contributed by atoms with Crippen LogP contribution in [0.2, 0.25) is 0 Å². The van der Waals surface area contributed by atoms with E-state index in [0.29, 0.717) is 6.04 Å². The molecule has 5 heteroatoms. The predicted molar refractivity (Wildman–Crippen MR) is 75.1 cm³/mol. The maximum absolute atomic E-state index is 4.53. The fourth-order valence-electron chi connectivity index (χ4n) is 2.02. The minimum atomic E-state index is 0.615. The number of anilines is 2. The molecular formula is C12H20N4S.